The smallest absolute Gasteiger partial charge is 0.264 e. The molecule has 7 nitrogen and oxygen atoms in total. The molecule has 0 aliphatic carbocycles. The van der Waals surface area contributed by atoms with E-state index in [1.807, 2.05) is 88.1 Å². The van der Waals surface area contributed by atoms with Crippen molar-refractivity contribution in [1.29, 1.82) is 0 Å². The predicted octanol–water partition coefficient (Wildman–Crippen LogP) is 4.62. The highest BCUT2D eigenvalue weighted by atomic mass is 16.5. The topological polar surface area (TPSA) is 66.4 Å². The summed E-state index contributed by atoms with van der Waals surface area (Å²) in [4.78, 5) is 22.6. The summed E-state index contributed by atoms with van der Waals surface area (Å²) >= 11 is 0. The normalized spacial score (nSPS) is 11.8. The second-order valence-electron chi connectivity index (χ2n) is 7.68. The SMILES string of the molecule is COc1ccc(/C=C/n2c(=O)c3ccccc3c3nc4ccc(-n5ccnc5)cn4c32)cc1. The molecule has 0 saturated carbocycles. The Morgan fingerprint density at radius 1 is 0.970 bits per heavy atom. The van der Waals surface area contributed by atoms with E-state index in [0.717, 1.165) is 33.6 Å². The zero-order valence-electron chi connectivity index (χ0n) is 17.8. The molecule has 0 spiro atoms. The van der Waals surface area contributed by atoms with Crippen molar-refractivity contribution in [3.63, 3.8) is 0 Å². The van der Waals surface area contributed by atoms with Crippen LogP contribution in [0.3, 0.4) is 0 Å². The lowest BCUT2D eigenvalue weighted by molar-refractivity contribution is 0.415. The number of pyridine rings is 2. The van der Waals surface area contributed by atoms with Crippen molar-refractivity contribution < 1.29 is 4.74 Å². The lowest BCUT2D eigenvalue weighted by Gasteiger charge is -2.08. The number of imidazole rings is 2. The molecule has 4 heterocycles. The monoisotopic (exact) mass is 433 g/mol. The summed E-state index contributed by atoms with van der Waals surface area (Å²) in [5, 5.41) is 1.46. The highest BCUT2D eigenvalue weighted by Gasteiger charge is 2.15. The summed E-state index contributed by atoms with van der Waals surface area (Å²) in [5.74, 6) is 0.784. The predicted molar refractivity (Wildman–Crippen MR) is 130 cm³/mol. The largest absolute Gasteiger partial charge is 0.497 e. The van der Waals surface area contributed by atoms with Crippen LogP contribution >= 0.6 is 0 Å². The van der Waals surface area contributed by atoms with Crippen molar-refractivity contribution in [2.45, 2.75) is 0 Å². The summed E-state index contributed by atoms with van der Waals surface area (Å²) in [5.41, 5.74) is 4.02. The molecule has 0 aliphatic rings. The molecule has 0 aliphatic heterocycles. The van der Waals surface area contributed by atoms with Crippen LogP contribution in [-0.2, 0) is 0 Å². The maximum absolute atomic E-state index is 13.6. The fourth-order valence-electron chi connectivity index (χ4n) is 4.11. The van der Waals surface area contributed by atoms with Crippen LogP contribution in [0.1, 0.15) is 5.56 Å². The van der Waals surface area contributed by atoms with Crippen LogP contribution in [0, 0.1) is 0 Å². The summed E-state index contributed by atoms with van der Waals surface area (Å²) in [6, 6.07) is 19.2. The first-order chi connectivity index (χ1) is 16.2. The molecule has 0 bridgehead atoms. The van der Waals surface area contributed by atoms with E-state index in [-0.39, 0.29) is 5.56 Å². The average molecular weight is 433 g/mol. The molecule has 2 aromatic carbocycles. The van der Waals surface area contributed by atoms with Crippen molar-refractivity contribution in [3.8, 4) is 11.4 Å². The number of methoxy groups -OCH3 is 1. The molecule has 33 heavy (non-hydrogen) atoms. The molecule has 4 aromatic heterocycles. The van der Waals surface area contributed by atoms with Gasteiger partial charge in [-0.15, -0.1) is 0 Å². The van der Waals surface area contributed by atoms with Crippen molar-refractivity contribution in [2.24, 2.45) is 0 Å². The zero-order chi connectivity index (χ0) is 22.4. The van der Waals surface area contributed by atoms with Crippen LogP contribution in [0.2, 0.25) is 0 Å². The molecule has 0 amide bonds. The van der Waals surface area contributed by atoms with Gasteiger partial charge in [0, 0.05) is 35.6 Å². The lowest BCUT2D eigenvalue weighted by atomic mass is 10.1. The van der Waals surface area contributed by atoms with E-state index in [9.17, 15) is 4.79 Å². The Labute approximate surface area is 188 Å². The lowest BCUT2D eigenvalue weighted by Crippen LogP contribution is -2.17. The molecule has 6 aromatic rings. The van der Waals surface area contributed by atoms with Crippen LogP contribution < -0.4 is 10.3 Å². The fourth-order valence-corrected chi connectivity index (χ4v) is 4.11. The first-order valence-corrected chi connectivity index (χ1v) is 10.5. The number of ether oxygens (including phenoxy) is 1. The number of nitrogens with zero attached hydrogens (tertiary/aromatic N) is 5. The van der Waals surface area contributed by atoms with Crippen LogP contribution in [0.25, 0.3) is 45.5 Å². The van der Waals surface area contributed by atoms with Crippen LogP contribution in [-0.4, -0.2) is 30.6 Å². The minimum Gasteiger partial charge on any atom is -0.497 e. The summed E-state index contributed by atoms with van der Waals surface area (Å²) < 4.78 is 10.8. The molecule has 6 rings (SSSR count). The minimum atomic E-state index is -0.0994. The molecule has 7 heteroatoms. The molecule has 0 fully saturated rings. The quantitative estimate of drug-likeness (QED) is 0.407. The number of fused-ring (bicyclic) bond motifs is 5. The van der Waals surface area contributed by atoms with E-state index in [1.165, 1.54) is 0 Å². The Kier molecular flexibility index (Phi) is 4.33. The van der Waals surface area contributed by atoms with Crippen LogP contribution in [0.5, 0.6) is 5.75 Å². The fraction of sp³-hybridized carbons (Fsp3) is 0.0385. The Balaban J connectivity index is 1.65. The molecule has 0 radical (unpaired) electrons. The van der Waals surface area contributed by atoms with Gasteiger partial charge in [-0.1, -0.05) is 30.3 Å². The van der Waals surface area contributed by atoms with Gasteiger partial charge in [-0.2, -0.15) is 0 Å². The molecule has 160 valence electrons. The molecule has 0 unspecified atom stereocenters. The van der Waals surface area contributed by atoms with Crippen LogP contribution in [0.4, 0.5) is 0 Å². The standard InChI is InChI=1S/C26H19N5O2/c1-33-20-9-6-18(7-10-20)12-14-30-25-24(21-4-2-3-5-22(21)26(30)32)28-23-11-8-19(16-31(23)25)29-15-13-27-17-29/h2-17H,1H3/b14-12+. The number of benzene rings is 2. The van der Waals surface area contributed by atoms with E-state index in [2.05, 4.69) is 4.98 Å². The number of hydrogen-bond donors (Lipinski definition) is 0. The molecule has 0 N–H and O–H groups in total. The van der Waals surface area contributed by atoms with Gasteiger partial charge in [0.1, 0.15) is 16.9 Å². The van der Waals surface area contributed by atoms with Gasteiger partial charge in [-0.05, 0) is 42.0 Å². The second kappa shape index (κ2) is 7.49. The van der Waals surface area contributed by atoms with Gasteiger partial charge >= 0.3 is 0 Å². The maximum atomic E-state index is 13.6. The van der Waals surface area contributed by atoms with E-state index in [0.29, 0.717) is 11.0 Å². The molecular formula is C26H19N5O2. The third-order valence-electron chi connectivity index (χ3n) is 5.77. The first kappa shape index (κ1) is 19.1. The van der Waals surface area contributed by atoms with Gasteiger partial charge in [-0.3, -0.25) is 13.8 Å². The minimum absolute atomic E-state index is 0.0994. The summed E-state index contributed by atoms with van der Waals surface area (Å²) in [7, 11) is 1.64. The van der Waals surface area contributed by atoms with Gasteiger partial charge in [0.25, 0.3) is 5.56 Å². The van der Waals surface area contributed by atoms with Gasteiger partial charge in [0.2, 0.25) is 0 Å². The van der Waals surface area contributed by atoms with E-state index in [4.69, 9.17) is 9.72 Å². The van der Waals surface area contributed by atoms with Crippen molar-refractivity contribution in [2.75, 3.05) is 7.11 Å². The van der Waals surface area contributed by atoms with Gasteiger partial charge in [0.05, 0.1) is 19.1 Å². The number of aromatic nitrogens is 5. The van der Waals surface area contributed by atoms with E-state index >= 15 is 0 Å². The van der Waals surface area contributed by atoms with Gasteiger partial charge in [0.15, 0.2) is 5.65 Å². The maximum Gasteiger partial charge on any atom is 0.264 e. The van der Waals surface area contributed by atoms with Crippen molar-refractivity contribution >= 4 is 39.9 Å². The number of hydrogen-bond acceptors (Lipinski definition) is 4. The van der Waals surface area contributed by atoms with Crippen molar-refractivity contribution in [3.05, 3.63) is 101 Å². The second-order valence-corrected chi connectivity index (χ2v) is 7.68. The zero-order valence-corrected chi connectivity index (χ0v) is 17.8. The average Bonchev–Trinajstić information content (AvgIpc) is 3.53. The molecule has 0 atom stereocenters. The van der Waals surface area contributed by atoms with E-state index < -0.39 is 0 Å². The molecule has 0 saturated heterocycles. The summed E-state index contributed by atoms with van der Waals surface area (Å²) in [6.45, 7) is 0. The van der Waals surface area contributed by atoms with Gasteiger partial charge in [-0.25, -0.2) is 9.97 Å². The van der Waals surface area contributed by atoms with Gasteiger partial charge < -0.3 is 9.30 Å². The van der Waals surface area contributed by atoms with E-state index in [1.54, 1.807) is 30.4 Å². The highest BCUT2D eigenvalue weighted by molar-refractivity contribution is 6.04. The number of rotatable bonds is 4. The highest BCUT2D eigenvalue weighted by Crippen LogP contribution is 2.25. The Hall–Kier alpha value is -4.65. The Bertz CT molecular complexity index is 1710. The third-order valence-corrected chi connectivity index (χ3v) is 5.77. The van der Waals surface area contributed by atoms with Crippen LogP contribution in [0.15, 0.2) is 90.4 Å². The Morgan fingerprint density at radius 3 is 2.55 bits per heavy atom. The molecular weight excluding hydrogens is 414 g/mol. The Morgan fingerprint density at radius 2 is 1.79 bits per heavy atom. The third kappa shape index (κ3) is 3.10. The first-order valence-electron chi connectivity index (χ1n) is 10.5. The summed E-state index contributed by atoms with van der Waals surface area (Å²) in [6.07, 6.45) is 11.0. The van der Waals surface area contributed by atoms with Crippen molar-refractivity contribution in [1.82, 2.24) is 23.5 Å².